The summed E-state index contributed by atoms with van der Waals surface area (Å²) in [6, 6.07) is 168. The van der Waals surface area contributed by atoms with Crippen LogP contribution in [0.15, 0.2) is 473 Å². The molecule has 6 heterocycles. The molecular weight excluding hydrogens is 1580 g/mol. The molecule has 10 heteroatoms. The second kappa shape index (κ2) is 32.5. The van der Waals surface area contributed by atoms with E-state index in [2.05, 4.69) is 443 Å². The quantitative estimate of drug-likeness (QED) is 0.101. The van der Waals surface area contributed by atoms with Crippen LogP contribution in [-0.4, -0.2) is 48.2 Å². The Bertz CT molecular complexity index is 8340. The van der Waals surface area contributed by atoms with E-state index in [0.29, 0.717) is 34.9 Å². The van der Waals surface area contributed by atoms with Crippen molar-refractivity contribution < 1.29 is 0 Å². The van der Waals surface area contributed by atoms with Crippen LogP contribution in [0.4, 0.5) is 0 Å². The van der Waals surface area contributed by atoms with E-state index in [1.807, 2.05) is 48.5 Å². The van der Waals surface area contributed by atoms with Gasteiger partial charge in [-0.2, -0.15) is 0 Å². The van der Waals surface area contributed by atoms with E-state index in [1.165, 1.54) is 76.3 Å². The molecule has 0 spiro atoms. The van der Waals surface area contributed by atoms with Gasteiger partial charge in [-0.05, 0) is 165 Å². The fraction of sp³-hybridized carbons (Fsp3) is 0. The first-order valence-corrected chi connectivity index (χ1v) is 43.9. The van der Waals surface area contributed by atoms with Crippen LogP contribution < -0.4 is 0 Å². The highest BCUT2D eigenvalue weighted by Crippen LogP contribution is 2.44. The zero-order valence-electron chi connectivity index (χ0n) is 70.5. The Morgan fingerprint density at radius 3 is 0.562 bits per heavy atom. The maximum atomic E-state index is 5.30. The average molecular weight is 1660 g/mol. The van der Waals surface area contributed by atoms with E-state index in [-0.39, 0.29) is 0 Å². The normalized spacial score (nSPS) is 11.5. The fourth-order valence-corrected chi connectivity index (χ4v) is 18.9. The number of benzene rings is 19. The van der Waals surface area contributed by atoms with Gasteiger partial charge in [0.2, 0.25) is 0 Å². The lowest BCUT2D eigenvalue weighted by Gasteiger charge is -2.15. The van der Waals surface area contributed by atoms with Crippen LogP contribution in [-0.2, 0) is 0 Å². The third-order valence-corrected chi connectivity index (χ3v) is 25.1. The van der Waals surface area contributed by atoms with Crippen molar-refractivity contribution in [1.82, 2.24) is 48.2 Å². The number of aromatic nitrogens is 10. The van der Waals surface area contributed by atoms with Crippen molar-refractivity contribution in [3.63, 3.8) is 0 Å². The number of hydrogen-bond acceptors (Lipinski definition) is 6. The van der Waals surface area contributed by atoms with Crippen molar-refractivity contribution in [2.45, 2.75) is 0 Å². The van der Waals surface area contributed by atoms with E-state index < -0.39 is 0 Å². The Kier molecular flexibility index (Phi) is 19.0. The molecule has 0 aliphatic rings. The smallest absolute Gasteiger partial charge is 0.164 e. The van der Waals surface area contributed by atoms with Gasteiger partial charge < -0.3 is 18.3 Å². The van der Waals surface area contributed by atoms with Crippen LogP contribution in [0.1, 0.15) is 0 Å². The Morgan fingerprint density at radius 2 is 0.285 bits per heavy atom. The minimum Gasteiger partial charge on any atom is -0.309 e. The number of fused-ring (bicyclic) bond motifs is 12. The van der Waals surface area contributed by atoms with Crippen molar-refractivity contribution in [1.29, 1.82) is 0 Å². The summed E-state index contributed by atoms with van der Waals surface area (Å²) in [5.41, 5.74) is 30.2. The minimum atomic E-state index is 0.595. The van der Waals surface area contributed by atoms with Gasteiger partial charge in [-0.15, -0.1) is 0 Å². The molecule has 0 N–H and O–H groups in total. The lowest BCUT2D eigenvalue weighted by Crippen LogP contribution is -2.02. The van der Waals surface area contributed by atoms with Crippen molar-refractivity contribution in [3.8, 4) is 147 Å². The molecule has 25 rings (SSSR count). The summed E-state index contributed by atoms with van der Waals surface area (Å²) < 4.78 is 9.57. The molecule has 0 bridgehead atoms. The molecule has 0 amide bonds. The largest absolute Gasteiger partial charge is 0.309 e. The maximum Gasteiger partial charge on any atom is 0.164 e. The molecule has 0 fully saturated rings. The van der Waals surface area contributed by atoms with Crippen LogP contribution in [0.2, 0.25) is 0 Å². The van der Waals surface area contributed by atoms with Gasteiger partial charge in [-0.1, -0.05) is 364 Å². The summed E-state index contributed by atoms with van der Waals surface area (Å²) in [4.78, 5) is 31.2. The highest BCUT2D eigenvalue weighted by molar-refractivity contribution is 6.15. The number of para-hydroxylation sites is 6. The summed E-state index contributed by atoms with van der Waals surface area (Å²) in [5, 5.41) is 9.70. The van der Waals surface area contributed by atoms with Gasteiger partial charge in [0, 0.05) is 99.2 Å². The van der Waals surface area contributed by atoms with Crippen molar-refractivity contribution in [2.24, 2.45) is 0 Å². The Morgan fingerprint density at radius 1 is 0.108 bits per heavy atom. The van der Waals surface area contributed by atoms with Gasteiger partial charge in [-0.25, -0.2) is 29.9 Å². The Balaban J connectivity index is 0.000000145. The molecule has 0 aliphatic carbocycles. The number of rotatable bonds is 15. The number of hydrogen-bond donors (Lipinski definition) is 0. The van der Waals surface area contributed by atoms with E-state index >= 15 is 0 Å². The monoisotopic (exact) mass is 1660 g/mol. The lowest BCUT2D eigenvalue weighted by molar-refractivity contribution is 1.07. The summed E-state index contributed by atoms with van der Waals surface area (Å²) in [7, 11) is 0. The van der Waals surface area contributed by atoms with Crippen LogP contribution in [0.25, 0.3) is 234 Å². The molecule has 0 saturated carbocycles. The maximum absolute atomic E-state index is 5.30. The van der Waals surface area contributed by atoms with Gasteiger partial charge in [0.1, 0.15) is 0 Å². The van der Waals surface area contributed by atoms with E-state index in [9.17, 15) is 0 Å². The Labute approximate surface area is 750 Å². The molecule has 130 heavy (non-hydrogen) atoms. The third kappa shape index (κ3) is 13.9. The van der Waals surface area contributed by atoms with Gasteiger partial charge >= 0.3 is 0 Å². The SMILES string of the molecule is c1ccc(-c2ccc(-c3cc(-c4nc(-c5ccccc5)nc(-c5ccccc5)n4)cc(-n4c5ccccc5c5cc(-n6c7ccccc7c7ccccc76)ccc54)c3)cc2)cc1.c1ccc(-c2ccc(-c3nc(-c4ccc(-c5ccccc5)cc4)nc(-c4cc(-c5ccccc5)cc(-n5c6ccccc6c6cc(-n7c8ccccc8c8ccccc87)ccc65)c4)n3)cc2)cc1. The molecule has 6 aromatic heterocycles. The third-order valence-electron chi connectivity index (χ3n) is 25.1. The summed E-state index contributed by atoms with van der Waals surface area (Å²) in [5.74, 6) is 3.68. The standard InChI is InChI=1S/C63H41N5.C57H37N5/c1-4-16-42(17-5-1)45-28-32-47(33-29-45)61-64-62(48-34-30-46(31-35-48)43-18-6-2-7-19-43)66-63(65-61)50-38-49(44-20-8-3-9-21-44)39-52(40-50)68-59-27-15-12-24-55(59)56-41-51(36-37-60(56)68)67-57-25-13-10-22-53(57)54-23-11-14-26-58(54)67;1-4-16-38(17-5-1)39-28-30-40(31-29-39)43-34-44(57-59-55(41-18-6-2-7-19-41)58-56(60-57)42-20-8-3-9-21-42)36-46(35-43)62-53-27-15-12-24-49(53)50-37-45(32-33-54(50)62)61-51-25-13-10-22-47(51)48-23-11-14-26-52(48)61/h1-41H;1-37H. The summed E-state index contributed by atoms with van der Waals surface area (Å²) in [6.07, 6.45) is 0. The van der Waals surface area contributed by atoms with Crippen LogP contribution in [0, 0.1) is 0 Å². The molecule has 25 aromatic rings. The van der Waals surface area contributed by atoms with Crippen LogP contribution in [0.5, 0.6) is 0 Å². The van der Waals surface area contributed by atoms with Crippen molar-refractivity contribution in [2.75, 3.05) is 0 Å². The first-order chi connectivity index (χ1) is 64.4. The van der Waals surface area contributed by atoms with Crippen molar-refractivity contribution in [3.05, 3.63) is 473 Å². The molecule has 608 valence electrons. The van der Waals surface area contributed by atoms with E-state index in [0.717, 1.165) is 123 Å². The van der Waals surface area contributed by atoms with Gasteiger partial charge in [0.05, 0.1) is 44.1 Å². The molecule has 10 nitrogen and oxygen atoms in total. The minimum absolute atomic E-state index is 0.595. The van der Waals surface area contributed by atoms with Crippen LogP contribution in [0.3, 0.4) is 0 Å². The van der Waals surface area contributed by atoms with E-state index in [4.69, 9.17) is 29.9 Å². The lowest BCUT2D eigenvalue weighted by atomic mass is 9.98. The highest BCUT2D eigenvalue weighted by atomic mass is 15.1. The second-order valence-electron chi connectivity index (χ2n) is 32.9. The van der Waals surface area contributed by atoms with Crippen LogP contribution >= 0.6 is 0 Å². The van der Waals surface area contributed by atoms with Gasteiger partial charge in [-0.3, -0.25) is 0 Å². The topological polar surface area (TPSA) is 97.1 Å². The number of nitrogens with zero attached hydrogens (tertiary/aromatic N) is 10. The molecule has 0 radical (unpaired) electrons. The molecule has 19 aromatic carbocycles. The molecule has 0 aliphatic heterocycles. The molecule has 0 unspecified atom stereocenters. The first-order valence-electron chi connectivity index (χ1n) is 43.9. The average Bonchev–Trinajstić information content (AvgIpc) is 1.57. The first kappa shape index (κ1) is 76.1. The van der Waals surface area contributed by atoms with Gasteiger partial charge in [0.25, 0.3) is 0 Å². The highest BCUT2D eigenvalue weighted by Gasteiger charge is 2.24. The fourth-order valence-electron chi connectivity index (χ4n) is 18.9. The summed E-state index contributed by atoms with van der Waals surface area (Å²) >= 11 is 0. The predicted molar refractivity (Wildman–Crippen MR) is 537 cm³/mol. The summed E-state index contributed by atoms with van der Waals surface area (Å²) in [6.45, 7) is 0. The second-order valence-corrected chi connectivity index (χ2v) is 32.9. The molecular formula is C120H78N10. The Hall–Kier alpha value is -17.6. The van der Waals surface area contributed by atoms with E-state index in [1.54, 1.807) is 0 Å². The molecule has 0 saturated heterocycles. The predicted octanol–water partition coefficient (Wildman–Crippen LogP) is 30.5. The zero-order valence-corrected chi connectivity index (χ0v) is 70.5. The van der Waals surface area contributed by atoms with Crippen molar-refractivity contribution >= 4 is 87.2 Å². The molecule has 0 atom stereocenters. The zero-order chi connectivity index (χ0) is 86.0. The van der Waals surface area contributed by atoms with Gasteiger partial charge in [0.15, 0.2) is 34.9 Å².